The van der Waals surface area contributed by atoms with Gasteiger partial charge in [-0.1, -0.05) is 12.1 Å². The van der Waals surface area contributed by atoms with Crippen LogP contribution in [0.2, 0.25) is 0 Å². The fraction of sp³-hybridized carbons (Fsp3) is 0.294. The predicted molar refractivity (Wildman–Crippen MR) is 84.1 cm³/mol. The summed E-state index contributed by atoms with van der Waals surface area (Å²) in [5.41, 5.74) is 0.357. The van der Waals surface area contributed by atoms with E-state index in [4.69, 9.17) is 0 Å². The second-order valence-electron chi connectivity index (χ2n) is 5.81. The molecule has 2 heterocycles. The minimum atomic E-state index is -1.72. The van der Waals surface area contributed by atoms with Crippen LogP contribution in [-0.2, 0) is 4.79 Å². The molecular weight excluding hydrogens is 338 g/mol. The maximum atomic E-state index is 13.7. The summed E-state index contributed by atoms with van der Waals surface area (Å²) in [4.78, 5) is 16.0. The molecule has 0 aliphatic carbocycles. The SMILES string of the molecule is CC(Nc1c(F)c(F)nc(F)c1F)c1cccc(N2CCCC2=O)c1. The number of pyridine rings is 1. The number of halogens is 4. The minimum absolute atomic E-state index is 0.00753. The second kappa shape index (κ2) is 6.70. The summed E-state index contributed by atoms with van der Waals surface area (Å²) in [5, 5.41) is 2.43. The van der Waals surface area contributed by atoms with Crippen LogP contribution in [0.5, 0.6) is 0 Å². The number of anilines is 2. The Hall–Kier alpha value is -2.64. The minimum Gasteiger partial charge on any atom is -0.373 e. The van der Waals surface area contributed by atoms with Gasteiger partial charge in [-0.3, -0.25) is 4.79 Å². The Morgan fingerprint density at radius 1 is 1.16 bits per heavy atom. The zero-order chi connectivity index (χ0) is 18.1. The van der Waals surface area contributed by atoms with Gasteiger partial charge in [0.2, 0.25) is 17.5 Å². The number of rotatable bonds is 4. The monoisotopic (exact) mass is 353 g/mol. The van der Waals surface area contributed by atoms with Crippen LogP contribution in [0, 0.1) is 23.5 Å². The first-order chi connectivity index (χ1) is 11.9. The van der Waals surface area contributed by atoms with Crippen LogP contribution < -0.4 is 10.2 Å². The highest BCUT2D eigenvalue weighted by Crippen LogP contribution is 2.29. The molecule has 1 amide bonds. The van der Waals surface area contributed by atoms with E-state index in [0.29, 0.717) is 24.2 Å². The summed E-state index contributed by atoms with van der Waals surface area (Å²) in [5.74, 6) is -6.60. The molecule has 2 aromatic rings. The van der Waals surface area contributed by atoms with E-state index in [1.807, 2.05) is 0 Å². The number of amides is 1. The average Bonchev–Trinajstić information content (AvgIpc) is 3.03. The van der Waals surface area contributed by atoms with Gasteiger partial charge in [0, 0.05) is 24.7 Å². The first-order valence-corrected chi connectivity index (χ1v) is 7.75. The lowest BCUT2D eigenvalue weighted by molar-refractivity contribution is -0.117. The summed E-state index contributed by atoms with van der Waals surface area (Å²) in [6, 6.07) is 6.18. The predicted octanol–water partition coefficient (Wildman–Crippen LogP) is 3.94. The van der Waals surface area contributed by atoms with Gasteiger partial charge < -0.3 is 10.2 Å². The second-order valence-corrected chi connectivity index (χ2v) is 5.81. The van der Waals surface area contributed by atoms with Crippen molar-refractivity contribution in [1.82, 2.24) is 4.98 Å². The molecule has 0 radical (unpaired) electrons. The van der Waals surface area contributed by atoms with E-state index < -0.39 is 35.3 Å². The smallest absolute Gasteiger partial charge is 0.253 e. The highest BCUT2D eigenvalue weighted by molar-refractivity contribution is 5.95. The molecule has 1 aliphatic heterocycles. The molecule has 1 atom stereocenters. The molecule has 0 saturated carbocycles. The van der Waals surface area contributed by atoms with Crippen molar-refractivity contribution in [1.29, 1.82) is 0 Å². The van der Waals surface area contributed by atoms with Crippen LogP contribution in [0.15, 0.2) is 24.3 Å². The van der Waals surface area contributed by atoms with Gasteiger partial charge in [0.1, 0.15) is 5.69 Å². The third-order valence-corrected chi connectivity index (χ3v) is 4.11. The number of hydrogen-bond acceptors (Lipinski definition) is 3. The molecular formula is C17H15F4N3O. The van der Waals surface area contributed by atoms with E-state index in [9.17, 15) is 22.4 Å². The summed E-state index contributed by atoms with van der Waals surface area (Å²) in [6.45, 7) is 2.19. The Balaban J connectivity index is 1.87. The number of hydrogen-bond donors (Lipinski definition) is 1. The Morgan fingerprint density at radius 3 is 2.44 bits per heavy atom. The van der Waals surface area contributed by atoms with E-state index in [1.54, 1.807) is 36.1 Å². The molecule has 1 aromatic carbocycles. The van der Waals surface area contributed by atoms with E-state index in [1.165, 1.54) is 0 Å². The van der Waals surface area contributed by atoms with Gasteiger partial charge in [-0.15, -0.1) is 0 Å². The lowest BCUT2D eigenvalue weighted by Gasteiger charge is -2.20. The first kappa shape index (κ1) is 17.2. The fourth-order valence-electron chi connectivity index (χ4n) is 2.80. The van der Waals surface area contributed by atoms with Crippen LogP contribution in [-0.4, -0.2) is 17.4 Å². The number of nitrogens with zero attached hydrogens (tertiary/aromatic N) is 2. The Labute approximate surface area is 141 Å². The molecule has 3 rings (SSSR count). The third kappa shape index (κ3) is 3.29. The molecule has 1 fully saturated rings. The maximum absolute atomic E-state index is 13.7. The van der Waals surface area contributed by atoms with Crippen molar-refractivity contribution in [3.05, 3.63) is 53.4 Å². The van der Waals surface area contributed by atoms with Crippen molar-refractivity contribution in [3.8, 4) is 0 Å². The molecule has 8 heteroatoms. The van der Waals surface area contributed by atoms with E-state index in [0.717, 1.165) is 6.42 Å². The molecule has 4 nitrogen and oxygen atoms in total. The van der Waals surface area contributed by atoms with Crippen LogP contribution in [0.4, 0.5) is 28.9 Å². The molecule has 1 aromatic heterocycles. The Bertz CT molecular complexity index is 802. The fourth-order valence-corrected chi connectivity index (χ4v) is 2.80. The van der Waals surface area contributed by atoms with Gasteiger partial charge in [-0.25, -0.2) is 0 Å². The molecule has 0 bridgehead atoms. The topological polar surface area (TPSA) is 45.2 Å². The number of carbonyl (C=O) groups is 1. The molecule has 1 N–H and O–H groups in total. The van der Waals surface area contributed by atoms with Crippen LogP contribution >= 0.6 is 0 Å². The maximum Gasteiger partial charge on any atom is 0.253 e. The van der Waals surface area contributed by atoms with Gasteiger partial charge in [0.25, 0.3) is 11.9 Å². The summed E-state index contributed by atoms with van der Waals surface area (Å²) >= 11 is 0. The van der Waals surface area contributed by atoms with E-state index >= 15 is 0 Å². The first-order valence-electron chi connectivity index (χ1n) is 7.75. The number of nitrogens with one attached hydrogen (secondary N) is 1. The van der Waals surface area contributed by atoms with Gasteiger partial charge in [0.15, 0.2) is 0 Å². The zero-order valence-corrected chi connectivity index (χ0v) is 13.3. The van der Waals surface area contributed by atoms with Crippen molar-refractivity contribution < 1.29 is 22.4 Å². The Kier molecular flexibility index (Phi) is 4.61. The molecule has 1 unspecified atom stereocenters. The number of benzene rings is 1. The highest BCUT2D eigenvalue weighted by atomic mass is 19.2. The zero-order valence-electron chi connectivity index (χ0n) is 13.3. The van der Waals surface area contributed by atoms with Crippen LogP contribution in [0.1, 0.15) is 31.4 Å². The quantitative estimate of drug-likeness (QED) is 0.669. The molecule has 0 spiro atoms. The summed E-state index contributed by atoms with van der Waals surface area (Å²) < 4.78 is 53.9. The largest absolute Gasteiger partial charge is 0.373 e. The van der Waals surface area contributed by atoms with Crippen molar-refractivity contribution in [2.24, 2.45) is 0 Å². The van der Waals surface area contributed by atoms with Crippen LogP contribution in [0.3, 0.4) is 0 Å². The van der Waals surface area contributed by atoms with Crippen molar-refractivity contribution >= 4 is 17.3 Å². The lowest BCUT2D eigenvalue weighted by Crippen LogP contribution is -2.24. The van der Waals surface area contributed by atoms with Crippen molar-refractivity contribution in [2.45, 2.75) is 25.8 Å². The van der Waals surface area contributed by atoms with Gasteiger partial charge in [0.05, 0.1) is 0 Å². The lowest BCUT2D eigenvalue weighted by atomic mass is 10.1. The number of aromatic nitrogens is 1. The van der Waals surface area contributed by atoms with Crippen molar-refractivity contribution in [3.63, 3.8) is 0 Å². The van der Waals surface area contributed by atoms with E-state index in [-0.39, 0.29) is 5.91 Å². The standard InChI is InChI=1S/C17H15F4N3O/c1-9(22-15-13(18)16(20)23-17(21)14(15)19)10-4-2-5-11(8-10)24-7-3-6-12(24)25/h2,4-5,8-9H,3,6-7H2,1H3,(H,22,23). The highest BCUT2D eigenvalue weighted by Gasteiger charge is 2.24. The molecule has 132 valence electrons. The van der Waals surface area contributed by atoms with Gasteiger partial charge in [-0.2, -0.15) is 22.5 Å². The number of carbonyl (C=O) groups excluding carboxylic acids is 1. The van der Waals surface area contributed by atoms with Gasteiger partial charge in [-0.05, 0) is 31.0 Å². The summed E-state index contributed by atoms with van der Waals surface area (Å²) in [6.07, 6.45) is 1.24. The normalized spacial score (nSPS) is 15.6. The Morgan fingerprint density at radius 2 is 1.84 bits per heavy atom. The molecule has 1 saturated heterocycles. The van der Waals surface area contributed by atoms with Crippen LogP contribution in [0.25, 0.3) is 0 Å². The molecule has 25 heavy (non-hydrogen) atoms. The summed E-state index contributed by atoms with van der Waals surface area (Å²) in [7, 11) is 0. The van der Waals surface area contributed by atoms with Gasteiger partial charge >= 0.3 is 0 Å². The van der Waals surface area contributed by atoms with E-state index in [2.05, 4.69) is 10.3 Å². The third-order valence-electron chi connectivity index (χ3n) is 4.11. The average molecular weight is 353 g/mol. The molecule has 1 aliphatic rings. The van der Waals surface area contributed by atoms with Crippen molar-refractivity contribution in [2.75, 3.05) is 16.8 Å².